The SMILES string of the molecule is CCOC(=O)[C@@]1(C)CSC(c2ncc(N3CCOCC3)cc2O)=N1. The lowest BCUT2D eigenvalue weighted by atomic mass is 10.1. The lowest BCUT2D eigenvalue weighted by Gasteiger charge is -2.28. The Labute approximate surface area is 145 Å². The summed E-state index contributed by atoms with van der Waals surface area (Å²) in [5, 5.41) is 10.9. The molecule has 130 valence electrons. The predicted molar refractivity (Wildman–Crippen MR) is 93.0 cm³/mol. The molecule has 0 aromatic carbocycles. The summed E-state index contributed by atoms with van der Waals surface area (Å²) in [6.07, 6.45) is 1.73. The zero-order valence-electron chi connectivity index (χ0n) is 13.8. The van der Waals surface area contributed by atoms with Gasteiger partial charge in [0.05, 0.1) is 31.7 Å². The molecule has 3 rings (SSSR count). The van der Waals surface area contributed by atoms with E-state index in [4.69, 9.17) is 9.47 Å². The number of aliphatic imine (C=N–C) groups is 1. The number of nitrogens with zero attached hydrogens (tertiary/aromatic N) is 3. The molecule has 0 amide bonds. The van der Waals surface area contributed by atoms with Gasteiger partial charge in [-0.2, -0.15) is 0 Å². The van der Waals surface area contributed by atoms with Gasteiger partial charge in [0, 0.05) is 24.9 Å². The van der Waals surface area contributed by atoms with Gasteiger partial charge in [0.1, 0.15) is 16.5 Å². The maximum absolute atomic E-state index is 12.0. The molecule has 1 fully saturated rings. The van der Waals surface area contributed by atoms with Gasteiger partial charge in [-0.05, 0) is 13.8 Å². The molecular weight excluding hydrogens is 330 g/mol. The highest BCUT2D eigenvalue weighted by molar-refractivity contribution is 8.14. The minimum Gasteiger partial charge on any atom is -0.506 e. The Bertz CT molecular complexity index is 661. The number of esters is 1. The van der Waals surface area contributed by atoms with Gasteiger partial charge in [0.25, 0.3) is 0 Å². The van der Waals surface area contributed by atoms with Crippen LogP contribution in [0.1, 0.15) is 19.5 Å². The number of hydrogen-bond acceptors (Lipinski definition) is 8. The van der Waals surface area contributed by atoms with Crippen LogP contribution in [0.25, 0.3) is 0 Å². The molecule has 24 heavy (non-hydrogen) atoms. The standard InChI is InChI=1S/C16H21N3O4S/c1-3-23-15(21)16(2)10-24-14(18-16)13-12(20)8-11(9-17-13)19-4-6-22-7-5-19/h8-9,20H,3-7,10H2,1-2H3/t16-/m1/s1. The largest absolute Gasteiger partial charge is 0.506 e. The molecule has 8 heteroatoms. The van der Waals surface area contributed by atoms with Crippen LogP contribution in [0.15, 0.2) is 17.3 Å². The van der Waals surface area contributed by atoms with Crippen LogP contribution < -0.4 is 4.90 Å². The molecule has 2 aliphatic heterocycles. The maximum atomic E-state index is 12.0. The van der Waals surface area contributed by atoms with Crippen LogP contribution in [-0.2, 0) is 14.3 Å². The second-order valence-electron chi connectivity index (χ2n) is 5.86. The Morgan fingerprint density at radius 2 is 2.25 bits per heavy atom. The van der Waals surface area contributed by atoms with Gasteiger partial charge in [0.15, 0.2) is 5.54 Å². The highest BCUT2D eigenvalue weighted by atomic mass is 32.2. The van der Waals surface area contributed by atoms with E-state index >= 15 is 0 Å². The molecule has 2 aliphatic rings. The van der Waals surface area contributed by atoms with Crippen molar-refractivity contribution in [3.05, 3.63) is 18.0 Å². The topological polar surface area (TPSA) is 84.2 Å². The number of anilines is 1. The van der Waals surface area contributed by atoms with E-state index in [2.05, 4.69) is 14.9 Å². The summed E-state index contributed by atoms with van der Waals surface area (Å²) in [6.45, 7) is 6.72. The number of aromatic hydroxyl groups is 1. The van der Waals surface area contributed by atoms with Crippen molar-refractivity contribution in [1.82, 2.24) is 4.98 Å². The van der Waals surface area contributed by atoms with Gasteiger partial charge in [0.2, 0.25) is 0 Å². The first kappa shape index (κ1) is 17.0. The molecule has 1 saturated heterocycles. The number of thioether (sulfide) groups is 1. The molecular formula is C16H21N3O4S. The lowest BCUT2D eigenvalue weighted by molar-refractivity contribution is -0.147. The van der Waals surface area contributed by atoms with Crippen LogP contribution in [-0.4, -0.2) is 65.3 Å². The number of pyridine rings is 1. The first-order valence-electron chi connectivity index (χ1n) is 7.95. The summed E-state index contributed by atoms with van der Waals surface area (Å²) < 4.78 is 10.4. The van der Waals surface area contributed by atoms with Crippen molar-refractivity contribution in [1.29, 1.82) is 0 Å². The molecule has 1 aromatic rings. The van der Waals surface area contributed by atoms with E-state index in [1.807, 2.05) is 0 Å². The highest BCUT2D eigenvalue weighted by Gasteiger charge is 2.40. The van der Waals surface area contributed by atoms with E-state index in [9.17, 15) is 9.90 Å². The Balaban J connectivity index is 1.81. The van der Waals surface area contributed by atoms with Crippen molar-refractivity contribution in [3.8, 4) is 5.75 Å². The van der Waals surface area contributed by atoms with E-state index in [1.165, 1.54) is 11.8 Å². The van der Waals surface area contributed by atoms with E-state index in [0.29, 0.717) is 36.3 Å². The highest BCUT2D eigenvalue weighted by Crippen LogP contribution is 2.35. The minimum atomic E-state index is -0.924. The van der Waals surface area contributed by atoms with Gasteiger partial charge in [-0.25, -0.2) is 9.78 Å². The van der Waals surface area contributed by atoms with Crippen LogP contribution in [0, 0.1) is 0 Å². The first-order chi connectivity index (χ1) is 11.5. The van der Waals surface area contributed by atoms with Crippen molar-refractivity contribution in [2.45, 2.75) is 19.4 Å². The van der Waals surface area contributed by atoms with E-state index in [-0.39, 0.29) is 11.7 Å². The molecule has 1 aromatic heterocycles. The van der Waals surface area contributed by atoms with Gasteiger partial charge in [-0.1, -0.05) is 0 Å². The third-order valence-electron chi connectivity index (χ3n) is 3.99. The normalized spacial score (nSPS) is 23.9. The zero-order chi connectivity index (χ0) is 17.2. The van der Waals surface area contributed by atoms with Gasteiger partial charge in [-0.15, -0.1) is 11.8 Å². The number of rotatable bonds is 4. The summed E-state index contributed by atoms with van der Waals surface area (Å²) in [7, 11) is 0. The second kappa shape index (κ2) is 6.98. The predicted octanol–water partition coefficient (Wildman–Crippen LogP) is 1.44. The number of ether oxygens (including phenoxy) is 2. The molecule has 0 saturated carbocycles. The molecule has 0 unspecified atom stereocenters. The molecule has 3 heterocycles. The molecule has 0 radical (unpaired) electrons. The summed E-state index contributed by atoms with van der Waals surface area (Å²) >= 11 is 1.41. The van der Waals surface area contributed by atoms with Gasteiger partial charge < -0.3 is 19.5 Å². The average molecular weight is 351 g/mol. The van der Waals surface area contributed by atoms with Crippen molar-refractivity contribution >= 4 is 28.5 Å². The third-order valence-corrected chi connectivity index (χ3v) is 5.25. The molecule has 1 atom stereocenters. The number of morpholine rings is 1. The Hall–Kier alpha value is -1.80. The van der Waals surface area contributed by atoms with E-state index in [1.54, 1.807) is 26.1 Å². The van der Waals surface area contributed by atoms with Crippen molar-refractivity contribution in [2.75, 3.05) is 43.6 Å². The van der Waals surface area contributed by atoms with Gasteiger partial charge in [-0.3, -0.25) is 4.99 Å². The minimum absolute atomic E-state index is 0.0679. The van der Waals surface area contributed by atoms with Crippen LogP contribution in [0.5, 0.6) is 5.75 Å². The monoisotopic (exact) mass is 351 g/mol. The Morgan fingerprint density at radius 3 is 2.92 bits per heavy atom. The van der Waals surface area contributed by atoms with Crippen molar-refractivity contribution in [3.63, 3.8) is 0 Å². The Kier molecular flexibility index (Phi) is 4.96. The van der Waals surface area contributed by atoms with Crippen molar-refractivity contribution in [2.24, 2.45) is 4.99 Å². The van der Waals surface area contributed by atoms with Crippen LogP contribution in [0.4, 0.5) is 5.69 Å². The summed E-state index contributed by atoms with van der Waals surface area (Å²) in [4.78, 5) is 23.0. The van der Waals surface area contributed by atoms with E-state index < -0.39 is 5.54 Å². The molecule has 0 bridgehead atoms. The maximum Gasteiger partial charge on any atom is 0.334 e. The molecule has 1 N–H and O–H groups in total. The number of hydrogen-bond donors (Lipinski definition) is 1. The van der Waals surface area contributed by atoms with Crippen molar-refractivity contribution < 1.29 is 19.4 Å². The Morgan fingerprint density at radius 1 is 1.50 bits per heavy atom. The summed E-state index contributed by atoms with van der Waals surface area (Å²) in [5.74, 6) is 0.198. The molecule has 7 nitrogen and oxygen atoms in total. The first-order valence-corrected chi connectivity index (χ1v) is 8.94. The van der Waals surface area contributed by atoms with Gasteiger partial charge >= 0.3 is 5.97 Å². The van der Waals surface area contributed by atoms with Crippen LogP contribution in [0.3, 0.4) is 0 Å². The smallest absolute Gasteiger partial charge is 0.334 e. The summed E-state index contributed by atoms with van der Waals surface area (Å²) in [6, 6.07) is 1.69. The third kappa shape index (κ3) is 3.34. The van der Waals surface area contributed by atoms with Crippen LogP contribution in [0.2, 0.25) is 0 Å². The molecule has 0 spiro atoms. The van der Waals surface area contributed by atoms with Crippen LogP contribution >= 0.6 is 11.8 Å². The second-order valence-corrected chi connectivity index (χ2v) is 6.82. The quantitative estimate of drug-likeness (QED) is 0.822. The average Bonchev–Trinajstić information content (AvgIpc) is 2.99. The number of aromatic nitrogens is 1. The molecule has 0 aliphatic carbocycles. The fourth-order valence-electron chi connectivity index (χ4n) is 2.61. The summed E-state index contributed by atoms with van der Waals surface area (Å²) in [5.41, 5.74) is 0.342. The fraction of sp³-hybridized carbons (Fsp3) is 0.562. The zero-order valence-corrected chi connectivity index (χ0v) is 14.6. The number of carbonyl (C=O) groups excluding carboxylic acids is 1. The number of carbonyl (C=O) groups is 1. The fourth-order valence-corrected chi connectivity index (χ4v) is 3.77. The van der Waals surface area contributed by atoms with E-state index in [0.717, 1.165) is 18.8 Å². The lowest BCUT2D eigenvalue weighted by Crippen LogP contribution is -2.36.